The van der Waals surface area contributed by atoms with Crippen LogP contribution < -0.4 is 10.1 Å². The molecule has 7 heteroatoms. The number of hydrogen-bond donors (Lipinski definition) is 1. The number of benzene rings is 2. The van der Waals surface area contributed by atoms with Crippen molar-refractivity contribution in [1.29, 1.82) is 0 Å². The summed E-state index contributed by atoms with van der Waals surface area (Å²) in [5.41, 5.74) is 4.28. The monoisotopic (exact) mass is 374 g/mol. The van der Waals surface area contributed by atoms with Crippen LogP contribution in [-0.2, 0) is 4.79 Å². The lowest BCUT2D eigenvalue weighted by molar-refractivity contribution is -0.115. The quantitative estimate of drug-likeness (QED) is 0.560. The van der Waals surface area contributed by atoms with Gasteiger partial charge in [0.25, 0.3) is 0 Å². The Morgan fingerprint density at radius 1 is 1.14 bits per heavy atom. The van der Waals surface area contributed by atoms with Crippen LogP contribution in [0.3, 0.4) is 0 Å². The van der Waals surface area contributed by atoms with E-state index in [2.05, 4.69) is 20.4 Å². The van der Waals surface area contributed by atoms with Crippen LogP contribution >= 0.6 is 0 Å². The molecular formula is C21H18N4O3. The number of rotatable bonds is 5. The summed E-state index contributed by atoms with van der Waals surface area (Å²) in [7, 11) is 1.55. The van der Waals surface area contributed by atoms with Gasteiger partial charge < -0.3 is 14.6 Å². The Bertz CT molecular complexity index is 1140. The number of aromatic nitrogens is 3. The van der Waals surface area contributed by atoms with Crippen molar-refractivity contribution in [3.63, 3.8) is 0 Å². The summed E-state index contributed by atoms with van der Waals surface area (Å²) in [5.74, 6) is 0.429. The summed E-state index contributed by atoms with van der Waals surface area (Å²) >= 11 is 0. The van der Waals surface area contributed by atoms with E-state index < -0.39 is 0 Å². The number of fused-ring (bicyclic) bond motifs is 1. The predicted octanol–water partition coefficient (Wildman–Crippen LogP) is 4.31. The number of ether oxygens (including phenoxy) is 1. The summed E-state index contributed by atoms with van der Waals surface area (Å²) < 4.78 is 10.7. The number of nitrogens with one attached hydrogen (secondary N) is 1. The van der Waals surface area contributed by atoms with E-state index in [0.29, 0.717) is 34.8 Å². The Labute approximate surface area is 161 Å². The third kappa shape index (κ3) is 3.18. The fraction of sp³-hybridized carbons (Fsp3) is 0.143. The molecule has 28 heavy (non-hydrogen) atoms. The van der Waals surface area contributed by atoms with Gasteiger partial charge in [-0.1, -0.05) is 42.4 Å². The van der Waals surface area contributed by atoms with Crippen molar-refractivity contribution in [2.75, 3.05) is 12.4 Å². The molecule has 0 unspecified atom stereocenters. The molecule has 0 saturated carbocycles. The molecule has 1 amide bonds. The molecule has 140 valence electrons. The van der Waals surface area contributed by atoms with E-state index in [1.54, 1.807) is 26.4 Å². The number of amides is 1. The number of nitrogens with zero attached hydrogens (tertiary/aromatic N) is 3. The van der Waals surface area contributed by atoms with E-state index in [0.717, 1.165) is 16.5 Å². The number of hydrogen-bond acceptors (Lipinski definition) is 6. The van der Waals surface area contributed by atoms with Gasteiger partial charge in [0.2, 0.25) is 5.91 Å². The zero-order valence-corrected chi connectivity index (χ0v) is 15.5. The van der Waals surface area contributed by atoms with Gasteiger partial charge in [-0.15, -0.1) is 0 Å². The maximum Gasteiger partial charge on any atom is 0.224 e. The first-order chi connectivity index (χ1) is 13.7. The average Bonchev–Trinajstić information content (AvgIpc) is 3.23. The van der Waals surface area contributed by atoms with Crippen molar-refractivity contribution in [3.05, 3.63) is 55.1 Å². The van der Waals surface area contributed by atoms with E-state index in [4.69, 9.17) is 9.26 Å². The van der Waals surface area contributed by atoms with Crippen molar-refractivity contribution < 1.29 is 14.1 Å². The first kappa shape index (κ1) is 17.7. The van der Waals surface area contributed by atoms with Crippen LogP contribution in [0.5, 0.6) is 5.75 Å². The second kappa shape index (κ2) is 7.48. The van der Waals surface area contributed by atoms with Gasteiger partial charge in [-0.25, -0.2) is 9.97 Å². The first-order valence-electron chi connectivity index (χ1n) is 8.84. The molecule has 0 saturated heterocycles. The minimum absolute atomic E-state index is 0.106. The highest BCUT2D eigenvalue weighted by molar-refractivity contribution is 6.01. The highest BCUT2D eigenvalue weighted by Crippen LogP contribution is 2.37. The maximum atomic E-state index is 11.9. The molecule has 0 aliphatic rings. The normalized spacial score (nSPS) is 10.8. The van der Waals surface area contributed by atoms with Gasteiger partial charge in [-0.2, -0.15) is 0 Å². The predicted molar refractivity (Wildman–Crippen MR) is 106 cm³/mol. The smallest absolute Gasteiger partial charge is 0.224 e. The zero-order valence-electron chi connectivity index (χ0n) is 15.5. The van der Waals surface area contributed by atoms with E-state index in [-0.39, 0.29) is 5.91 Å². The molecule has 0 fully saturated rings. The summed E-state index contributed by atoms with van der Waals surface area (Å²) in [6.07, 6.45) is 3.42. The summed E-state index contributed by atoms with van der Waals surface area (Å²) in [6.45, 7) is 1.79. The Balaban J connectivity index is 1.91. The van der Waals surface area contributed by atoms with Crippen LogP contribution in [0.1, 0.15) is 13.3 Å². The fourth-order valence-corrected chi connectivity index (χ4v) is 3.01. The third-order valence-electron chi connectivity index (χ3n) is 4.42. The number of carbonyl (C=O) groups is 1. The van der Waals surface area contributed by atoms with Gasteiger partial charge in [0.15, 0.2) is 0 Å². The lowest BCUT2D eigenvalue weighted by Crippen LogP contribution is -2.10. The van der Waals surface area contributed by atoms with Crippen LogP contribution in [0.25, 0.3) is 33.4 Å². The van der Waals surface area contributed by atoms with E-state index in [9.17, 15) is 4.79 Å². The minimum Gasteiger partial charge on any atom is -0.494 e. The molecule has 0 bridgehead atoms. The van der Waals surface area contributed by atoms with Crippen molar-refractivity contribution in [2.24, 2.45) is 0 Å². The van der Waals surface area contributed by atoms with Gasteiger partial charge in [0, 0.05) is 23.4 Å². The van der Waals surface area contributed by atoms with E-state index in [1.807, 2.05) is 36.4 Å². The van der Waals surface area contributed by atoms with Gasteiger partial charge >= 0.3 is 0 Å². The van der Waals surface area contributed by atoms with Crippen LogP contribution in [0.15, 0.2) is 59.6 Å². The summed E-state index contributed by atoms with van der Waals surface area (Å²) in [6, 6.07) is 13.3. The summed E-state index contributed by atoms with van der Waals surface area (Å²) in [4.78, 5) is 20.7. The second-order valence-corrected chi connectivity index (χ2v) is 6.14. The number of carbonyl (C=O) groups excluding carboxylic acids is 1. The molecule has 0 radical (unpaired) electrons. The third-order valence-corrected chi connectivity index (χ3v) is 4.42. The molecule has 0 aliphatic heterocycles. The van der Waals surface area contributed by atoms with E-state index in [1.165, 1.54) is 6.33 Å². The summed E-state index contributed by atoms with van der Waals surface area (Å²) in [5, 5.41) is 7.78. The van der Waals surface area contributed by atoms with Crippen LogP contribution in [0.4, 0.5) is 5.69 Å². The Morgan fingerprint density at radius 3 is 2.71 bits per heavy atom. The van der Waals surface area contributed by atoms with Gasteiger partial charge in [-0.05, 0) is 6.07 Å². The van der Waals surface area contributed by atoms with Crippen LogP contribution in [0, 0.1) is 0 Å². The molecule has 4 rings (SSSR count). The van der Waals surface area contributed by atoms with E-state index >= 15 is 0 Å². The lowest BCUT2D eigenvalue weighted by Gasteiger charge is -2.12. The molecule has 0 spiro atoms. The van der Waals surface area contributed by atoms with Crippen molar-refractivity contribution in [1.82, 2.24) is 15.1 Å². The molecule has 1 N–H and O–H groups in total. The fourth-order valence-electron chi connectivity index (χ4n) is 3.01. The standard InChI is InChI=1S/C21H18N4O3/c1-3-19(26)24-17-9-14-16(10-18(17)27-2)22-12-23-21(14)15-11-28-25-20(15)13-7-5-4-6-8-13/h4-12H,3H2,1-2H3,(H,24,26). The number of anilines is 1. The maximum absolute atomic E-state index is 11.9. The van der Waals surface area contributed by atoms with Crippen LogP contribution in [0.2, 0.25) is 0 Å². The van der Waals surface area contributed by atoms with Crippen molar-refractivity contribution in [2.45, 2.75) is 13.3 Å². The Kier molecular flexibility index (Phi) is 4.72. The highest BCUT2D eigenvalue weighted by Gasteiger charge is 2.18. The SMILES string of the molecule is CCC(=O)Nc1cc2c(-c3conc3-c3ccccc3)ncnc2cc1OC. The number of methoxy groups -OCH3 is 1. The molecular weight excluding hydrogens is 356 g/mol. The average molecular weight is 374 g/mol. The topological polar surface area (TPSA) is 90.1 Å². The molecule has 2 heterocycles. The highest BCUT2D eigenvalue weighted by atomic mass is 16.5. The first-order valence-corrected chi connectivity index (χ1v) is 8.84. The zero-order chi connectivity index (χ0) is 19.5. The molecule has 2 aromatic carbocycles. The minimum atomic E-state index is -0.106. The molecule has 4 aromatic rings. The second-order valence-electron chi connectivity index (χ2n) is 6.14. The molecule has 2 aromatic heterocycles. The van der Waals surface area contributed by atoms with Gasteiger partial charge in [-0.3, -0.25) is 4.79 Å². The molecule has 0 aliphatic carbocycles. The van der Waals surface area contributed by atoms with Crippen molar-refractivity contribution >= 4 is 22.5 Å². The van der Waals surface area contributed by atoms with Gasteiger partial charge in [0.05, 0.1) is 29.6 Å². The Morgan fingerprint density at radius 2 is 1.96 bits per heavy atom. The Hall–Kier alpha value is -3.74. The van der Waals surface area contributed by atoms with Crippen molar-refractivity contribution in [3.8, 4) is 28.3 Å². The lowest BCUT2D eigenvalue weighted by atomic mass is 10.0. The largest absolute Gasteiger partial charge is 0.494 e. The van der Waals surface area contributed by atoms with Gasteiger partial charge in [0.1, 0.15) is 24.0 Å². The molecule has 0 atom stereocenters. The van der Waals surface area contributed by atoms with Crippen LogP contribution in [-0.4, -0.2) is 28.1 Å². The molecule has 7 nitrogen and oxygen atoms in total.